The van der Waals surface area contributed by atoms with Gasteiger partial charge in [-0.15, -0.1) is 0 Å². The van der Waals surface area contributed by atoms with E-state index >= 15 is 0 Å². The number of aromatic nitrogens is 3. The molecule has 1 heterocycles. The Kier molecular flexibility index (Phi) is 2.24. The van der Waals surface area contributed by atoms with Crippen LogP contribution in [-0.2, 0) is 12.1 Å². The maximum absolute atomic E-state index is 12.1. The lowest BCUT2D eigenvalue weighted by molar-refractivity contribution is 0.371. The van der Waals surface area contributed by atoms with Gasteiger partial charge in [0.2, 0.25) is 0 Å². The summed E-state index contributed by atoms with van der Waals surface area (Å²) in [5, 5.41) is 4.32. The van der Waals surface area contributed by atoms with E-state index in [1.165, 1.54) is 12.8 Å². The quantitative estimate of drug-likeness (QED) is 0.741. The molecule has 1 fully saturated rings. The van der Waals surface area contributed by atoms with E-state index in [-0.39, 0.29) is 11.2 Å². The summed E-state index contributed by atoms with van der Waals surface area (Å²) in [6.45, 7) is 8.79. The molecule has 0 aromatic carbocycles. The van der Waals surface area contributed by atoms with Gasteiger partial charge < -0.3 is 0 Å². The Morgan fingerprint density at radius 2 is 2.00 bits per heavy atom. The van der Waals surface area contributed by atoms with E-state index in [0.717, 1.165) is 12.4 Å². The van der Waals surface area contributed by atoms with Gasteiger partial charge in [0.25, 0.3) is 0 Å². The van der Waals surface area contributed by atoms with Gasteiger partial charge in [0.15, 0.2) is 0 Å². The molecule has 0 atom stereocenters. The van der Waals surface area contributed by atoms with Crippen molar-refractivity contribution in [3.05, 3.63) is 16.3 Å². The summed E-state index contributed by atoms with van der Waals surface area (Å²) < 4.78 is 3.40. The van der Waals surface area contributed by atoms with E-state index in [1.54, 1.807) is 9.25 Å². The molecule has 15 heavy (non-hydrogen) atoms. The zero-order chi connectivity index (χ0) is 11.2. The maximum atomic E-state index is 12.1. The summed E-state index contributed by atoms with van der Waals surface area (Å²) in [5.74, 6) is 1.50. The van der Waals surface area contributed by atoms with Crippen LogP contribution in [0.2, 0.25) is 0 Å². The molecular weight excluding hydrogens is 190 g/mol. The minimum atomic E-state index is -0.178. The fraction of sp³-hybridized carbons (Fsp3) is 0.818. The predicted molar refractivity (Wildman–Crippen MR) is 58.9 cm³/mol. The number of hydrogen-bond acceptors (Lipinski definition) is 2. The monoisotopic (exact) mass is 209 g/mol. The van der Waals surface area contributed by atoms with Crippen molar-refractivity contribution in [3.8, 4) is 0 Å². The zero-order valence-corrected chi connectivity index (χ0v) is 9.95. The first kappa shape index (κ1) is 10.5. The Balaban J connectivity index is 2.38. The van der Waals surface area contributed by atoms with Crippen molar-refractivity contribution < 1.29 is 0 Å². The van der Waals surface area contributed by atoms with E-state index in [2.05, 4.69) is 5.10 Å². The van der Waals surface area contributed by atoms with Crippen molar-refractivity contribution >= 4 is 0 Å². The molecule has 0 aliphatic heterocycles. The van der Waals surface area contributed by atoms with Gasteiger partial charge in [0, 0.05) is 12.1 Å². The van der Waals surface area contributed by atoms with Crippen LogP contribution < -0.4 is 5.69 Å². The molecule has 1 aliphatic rings. The molecule has 4 heteroatoms. The highest BCUT2D eigenvalue weighted by molar-refractivity contribution is 4.91. The van der Waals surface area contributed by atoms with Crippen LogP contribution in [0.5, 0.6) is 0 Å². The molecule has 0 bridgehead atoms. The maximum Gasteiger partial charge on any atom is 0.346 e. The molecule has 84 valence electrons. The van der Waals surface area contributed by atoms with Crippen LogP contribution in [0.25, 0.3) is 0 Å². The fourth-order valence-electron chi connectivity index (χ4n) is 1.95. The molecule has 2 rings (SSSR count). The highest BCUT2D eigenvalue weighted by Gasteiger charge is 2.26. The smallest absolute Gasteiger partial charge is 0.274 e. The van der Waals surface area contributed by atoms with Crippen molar-refractivity contribution in [3.63, 3.8) is 0 Å². The molecule has 1 saturated carbocycles. The molecule has 0 radical (unpaired) electrons. The molecule has 0 spiro atoms. The fourth-order valence-corrected chi connectivity index (χ4v) is 1.95. The first-order valence-corrected chi connectivity index (χ1v) is 5.56. The summed E-state index contributed by atoms with van der Waals surface area (Å²) in [6.07, 6.45) is 2.49. The van der Waals surface area contributed by atoms with Crippen LogP contribution in [0.3, 0.4) is 0 Å². The number of nitrogens with zero attached hydrogens (tertiary/aromatic N) is 3. The van der Waals surface area contributed by atoms with E-state index in [4.69, 9.17) is 0 Å². The van der Waals surface area contributed by atoms with Gasteiger partial charge in [-0.3, -0.25) is 4.57 Å². The van der Waals surface area contributed by atoms with Crippen molar-refractivity contribution in [2.24, 2.45) is 5.92 Å². The van der Waals surface area contributed by atoms with Crippen LogP contribution >= 0.6 is 0 Å². The first-order valence-electron chi connectivity index (χ1n) is 5.56. The van der Waals surface area contributed by atoms with E-state index < -0.39 is 0 Å². The Labute approximate surface area is 89.9 Å². The molecule has 0 amide bonds. The van der Waals surface area contributed by atoms with Gasteiger partial charge in [-0.1, -0.05) is 0 Å². The second-order valence-corrected chi connectivity index (χ2v) is 5.46. The van der Waals surface area contributed by atoms with Crippen molar-refractivity contribution in [2.75, 3.05) is 0 Å². The number of hydrogen-bond donors (Lipinski definition) is 0. The van der Waals surface area contributed by atoms with Gasteiger partial charge in [0.05, 0.1) is 0 Å². The second kappa shape index (κ2) is 3.22. The third kappa shape index (κ3) is 1.98. The third-order valence-corrected chi connectivity index (χ3v) is 2.80. The largest absolute Gasteiger partial charge is 0.346 e. The highest BCUT2D eigenvalue weighted by atomic mass is 16.2. The summed E-state index contributed by atoms with van der Waals surface area (Å²) in [7, 11) is 0. The molecular formula is C11H19N3O. The summed E-state index contributed by atoms with van der Waals surface area (Å²) in [5.41, 5.74) is -0.143. The number of rotatable bonds is 2. The molecule has 1 aromatic rings. The molecule has 0 N–H and O–H groups in total. The van der Waals surface area contributed by atoms with Crippen LogP contribution in [-0.4, -0.2) is 14.3 Å². The van der Waals surface area contributed by atoms with E-state index in [9.17, 15) is 4.79 Å². The van der Waals surface area contributed by atoms with Crippen LogP contribution in [0.1, 0.15) is 39.4 Å². The van der Waals surface area contributed by atoms with Gasteiger partial charge in [-0.2, -0.15) is 5.10 Å². The van der Waals surface area contributed by atoms with Crippen LogP contribution in [0.15, 0.2) is 4.79 Å². The highest BCUT2D eigenvalue weighted by Crippen LogP contribution is 2.29. The van der Waals surface area contributed by atoms with E-state index in [1.807, 2.05) is 27.7 Å². The minimum absolute atomic E-state index is 0.0342. The normalized spacial score (nSPS) is 17.1. The summed E-state index contributed by atoms with van der Waals surface area (Å²) in [4.78, 5) is 12.1. The third-order valence-electron chi connectivity index (χ3n) is 2.80. The van der Waals surface area contributed by atoms with Crippen molar-refractivity contribution in [1.82, 2.24) is 14.3 Å². The zero-order valence-electron chi connectivity index (χ0n) is 9.95. The molecule has 0 saturated heterocycles. The van der Waals surface area contributed by atoms with Gasteiger partial charge >= 0.3 is 5.69 Å². The lowest BCUT2D eigenvalue weighted by Gasteiger charge is -2.20. The first-order chi connectivity index (χ1) is 6.89. The summed E-state index contributed by atoms with van der Waals surface area (Å²) >= 11 is 0. The second-order valence-electron chi connectivity index (χ2n) is 5.46. The SMILES string of the molecule is Cc1nn(CC2CC2)c(=O)n1C(C)(C)C. The Morgan fingerprint density at radius 3 is 2.40 bits per heavy atom. The van der Waals surface area contributed by atoms with Gasteiger partial charge in [-0.25, -0.2) is 9.48 Å². The average Bonchev–Trinajstić information content (AvgIpc) is 2.79. The average molecular weight is 209 g/mol. The predicted octanol–water partition coefficient (Wildman–Crippen LogP) is 1.52. The van der Waals surface area contributed by atoms with Crippen molar-refractivity contribution in [1.29, 1.82) is 0 Å². The Bertz CT molecular complexity index is 418. The van der Waals surface area contributed by atoms with E-state index in [0.29, 0.717) is 5.92 Å². The summed E-state index contributed by atoms with van der Waals surface area (Å²) in [6, 6.07) is 0. The molecule has 0 unspecified atom stereocenters. The van der Waals surface area contributed by atoms with Crippen LogP contribution in [0.4, 0.5) is 0 Å². The topological polar surface area (TPSA) is 39.8 Å². The van der Waals surface area contributed by atoms with Gasteiger partial charge in [-0.05, 0) is 46.5 Å². The van der Waals surface area contributed by atoms with Gasteiger partial charge in [0.1, 0.15) is 5.82 Å². The Hall–Kier alpha value is -1.06. The lowest BCUT2D eigenvalue weighted by Crippen LogP contribution is -2.35. The van der Waals surface area contributed by atoms with Crippen molar-refractivity contribution in [2.45, 2.75) is 52.6 Å². The standard InChI is InChI=1S/C11H19N3O/c1-8-12-13(7-9-5-6-9)10(15)14(8)11(2,3)4/h9H,5-7H2,1-4H3. The Morgan fingerprint density at radius 1 is 1.40 bits per heavy atom. The molecule has 1 aromatic heterocycles. The van der Waals surface area contributed by atoms with Crippen LogP contribution in [0, 0.1) is 12.8 Å². The minimum Gasteiger partial charge on any atom is -0.274 e. The number of aryl methyl sites for hydroxylation is 1. The molecule has 1 aliphatic carbocycles. The lowest BCUT2D eigenvalue weighted by atomic mass is 10.1. The molecule has 4 nitrogen and oxygen atoms in total.